The van der Waals surface area contributed by atoms with E-state index in [0.717, 1.165) is 35.9 Å². The van der Waals surface area contributed by atoms with E-state index in [2.05, 4.69) is 27.5 Å². The highest BCUT2D eigenvalue weighted by Gasteiger charge is 2.09. The molecule has 0 saturated carbocycles. The van der Waals surface area contributed by atoms with Crippen LogP contribution in [0.1, 0.15) is 24.7 Å². The van der Waals surface area contributed by atoms with Crippen LogP contribution in [0.3, 0.4) is 0 Å². The molecular weight excluding hydrogens is 255 g/mol. The maximum Gasteiger partial charge on any atom is 0.139 e. The summed E-state index contributed by atoms with van der Waals surface area (Å²) in [6.45, 7) is 6.79. The first-order chi connectivity index (χ1) is 9.60. The fraction of sp³-hybridized carbons (Fsp3) is 0.333. The third kappa shape index (κ3) is 3.44. The Bertz CT molecular complexity index is 581. The van der Waals surface area contributed by atoms with E-state index in [1.54, 1.807) is 12.1 Å². The molecule has 0 aliphatic heterocycles. The Balaban J connectivity index is 2.26. The van der Waals surface area contributed by atoms with Crippen LogP contribution < -0.4 is 10.6 Å². The van der Waals surface area contributed by atoms with Gasteiger partial charge in [0.1, 0.15) is 23.3 Å². The van der Waals surface area contributed by atoms with Gasteiger partial charge in [0.05, 0.1) is 0 Å². The Morgan fingerprint density at radius 1 is 1.05 bits per heavy atom. The third-order valence-electron chi connectivity index (χ3n) is 2.91. The molecule has 0 radical (unpaired) electrons. The molecule has 2 rings (SSSR count). The molecule has 2 aromatic rings. The number of aromatic nitrogens is 2. The van der Waals surface area contributed by atoms with Crippen LogP contribution in [0.5, 0.6) is 0 Å². The molecule has 0 aliphatic rings. The summed E-state index contributed by atoms with van der Waals surface area (Å²) in [6.07, 6.45) is 1.03. The van der Waals surface area contributed by atoms with Crippen LogP contribution in [0.25, 0.3) is 0 Å². The minimum absolute atomic E-state index is 0.253. The summed E-state index contributed by atoms with van der Waals surface area (Å²) in [5, 5.41) is 6.49. The van der Waals surface area contributed by atoms with E-state index in [-0.39, 0.29) is 5.82 Å². The summed E-state index contributed by atoms with van der Waals surface area (Å²) in [5.74, 6) is 2.02. The van der Waals surface area contributed by atoms with Gasteiger partial charge >= 0.3 is 0 Å². The van der Waals surface area contributed by atoms with Gasteiger partial charge in [-0.05, 0) is 44.5 Å². The van der Waals surface area contributed by atoms with E-state index in [9.17, 15) is 4.39 Å². The van der Waals surface area contributed by atoms with Gasteiger partial charge in [0.25, 0.3) is 0 Å². The summed E-state index contributed by atoms with van der Waals surface area (Å²) in [5.41, 5.74) is 1.75. The molecule has 4 nitrogen and oxygen atoms in total. The number of hydrogen-bond donors (Lipinski definition) is 2. The molecule has 1 aromatic carbocycles. The summed E-state index contributed by atoms with van der Waals surface area (Å²) < 4.78 is 12.9. The van der Waals surface area contributed by atoms with Crippen LogP contribution in [0.2, 0.25) is 0 Å². The van der Waals surface area contributed by atoms with Crippen LogP contribution in [-0.2, 0) is 0 Å². The SMILES string of the molecule is CCCNc1nc(C)nc(Nc2ccc(F)cc2)c1C. The number of halogens is 1. The zero-order valence-electron chi connectivity index (χ0n) is 12.0. The standard InChI is InChI=1S/C15H19FN4/c1-4-9-17-14-10(2)15(19-11(3)18-14)20-13-7-5-12(16)6-8-13/h5-8H,4,9H2,1-3H3,(H2,17,18,19,20). The van der Waals surface area contributed by atoms with Crippen molar-refractivity contribution in [2.45, 2.75) is 27.2 Å². The molecule has 0 spiro atoms. The van der Waals surface area contributed by atoms with Crippen molar-refractivity contribution in [1.29, 1.82) is 0 Å². The lowest BCUT2D eigenvalue weighted by Crippen LogP contribution is -2.08. The average Bonchev–Trinajstić information content (AvgIpc) is 2.43. The molecule has 0 amide bonds. The summed E-state index contributed by atoms with van der Waals surface area (Å²) in [7, 11) is 0. The molecule has 0 unspecified atom stereocenters. The zero-order valence-corrected chi connectivity index (χ0v) is 12.0. The van der Waals surface area contributed by atoms with Gasteiger partial charge in [0.15, 0.2) is 0 Å². The van der Waals surface area contributed by atoms with Crippen molar-refractivity contribution in [2.75, 3.05) is 17.2 Å². The Morgan fingerprint density at radius 3 is 2.35 bits per heavy atom. The van der Waals surface area contributed by atoms with Crippen molar-refractivity contribution in [3.63, 3.8) is 0 Å². The van der Waals surface area contributed by atoms with Crippen LogP contribution in [-0.4, -0.2) is 16.5 Å². The number of nitrogens with zero attached hydrogens (tertiary/aromatic N) is 2. The third-order valence-corrected chi connectivity index (χ3v) is 2.91. The molecule has 0 aliphatic carbocycles. The van der Waals surface area contributed by atoms with Crippen molar-refractivity contribution in [1.82, 2.24) is 9.97 Å². The molecule has 0 fully saturated rings. The summed E-state index contributed by atoms with van der Waals surface area (Å²) >= 11 is 0. The first-order valence-corrected chi connectivity index (χ1v) is 6.72. The molecule has 1 heterocycles. The van der Waals surface area contributed by atoms with Crippen LogP contribution in [0.4, 0.5) is 21.7 Å². The van der Waals surface area contributed by atoms with E-state index in [0.29, 0.717) is 5.82 Å². The Labute approximate surface area is 118 Å². The summed E-state index contributed by atoms with van der Waals surface area (Å²) in [4.78, 5) is 8.81. The second-order valence-corrected chi connectivity index (χ2v) is 4.65. The van der Waals surface area contributed by atoms with Crippen LogP contribution in [0, 0.1) is 19.7 Å². The molecular formula is C15H19FN4. The summed E-state index contributed by atoms with van der Waals surface area (Å²) in [6, 6.07) is 6.21. The normalized spacial score (nSPS) is 10.4. The maximum atomic E-state index is 12.9. The zero-order chi connectivity index (χ0) is 14.5. The van der Waals surface area contributed by atoms with E-state index in [4.69, 9.17) is 0 Å². The molecule has 0 saturated heterocycles. The second kappa shape index (κ2) is 6.32. The number of aryl methyl sites for hydroxylation is 1. The van der Waals surface area contributed by atoms with Crippen molar-refractivity contribution in [3.8, 4) is 0 Å². The van der Waals surface area contributed by atoms with Crippen molar-refractivity contribution in [2.24, 2.45) is 0 Å². The smallest absolute Gasteiger partial charge is 0.139 e. The average molecular weight is 274 g/mol. The number of benzene rings is 1. The van der Waals surface area contributed by atoms with E-state index in [1.807, 2.05) is 13.8 Å². The lowest BCUT2D eigenvalue weighted by atomic mass is 10.2. The number of hydrogen-bond acceptors (Lipinski definition) is 4. The van der Waals surface area contributed by atoms with Gasteiger partial charge in [-0.1, -0.05) is 6.92 Å². The van der Waals surface area contributed by atoms with Crippen molar-refractivity contribution < 1.29 is 4.39 Å². The predicted molar refractivity (Wildman–Crippen MR) is 80.0 cm³/mol. The fourth-order valence-electron chi connectivity index (χ4n) is 1.84. The van der Waals surface area contributed by atoms with Gasteiger partial charge in [-0.15, -0.1) is 0 Å². The first kappa shape index (κ1) is 14.2. The molecule has 0 atom stereocenters. The molecule has 106 valence electrons. The molecule has 2 N–H and O–H groups in total. The minimum atomic E-state index is -0.253. The molecule has 0 bridgehead atoms. The Kier molecular flexibility index (Phi) is 4.50. The van der Waals surface area contributed by atoms with Gasteiger partial charge in [-0.3, -0.25) is 0 Å². The van der Waals surface area contributed by atoms with Gasteiger partial charge in [-0.25, -0.2) is 14.4 Å². The quantitative estimate of drug-likeness (QED) is 0.870. The van der Waals surface area contributed by atoms with Crippen LogP contribution >= 0.6 is 0 Å². The maximum absolute atomic E-state index is 12.9. The fourth-order valence-corrected chi connectivity index (χ4v) is 1.84. The van der Waals surface area contributed by atoms with Gasteiger partial charge < -0.3 is 10.6 Å². The number of nitrogens with one attached hydrogen (secondary N) is 2. The molecule has 5 heteroatoms. The lowest BCUT2D eigenvalue weighted by Gasteiger charge is -2.14. The van der Waals surface area contributed by atoms with Crippen molar-refractivity contribution >= 4 is 17.3 Å². The predicted octanol–water partition coefficient (Wildman–Crippen LogP) is 3.80. The highest BCUT2D eigenvalue weighted by atomic mass is 19.1. The lowest BCUT2D eigenvalue weighted by molar-refractivity contribution is 0.628. The first-order valence-electron chi connectivity index (χ1n) is 6.72. The second-order valence-electron chi connectivity index (χ2n) is 4.65. The Hall–Kier alpha value is -2.17. The highest BCUT2D eigenvalue weighted by Crippen LogP contribution is 2.23. The van der Waals surface area contributed by atoms with Gasteiger partial charge in [0, 0.05) is 17.8 Å². The van der Waals surface area contributed by atoms with Gasteiger partial charge in [-0.2, -0.15) is 0 Å². The number of rotatable bonds is 5. The largest absolute Gasteiger partial charge is 0.370 e. The van der Waals surface area contributed by atoms with Crippen LogP contribution in [0.15, 0.2) is 24.3 Å². The Morgan fingerprint density at radius 2 is 1.70 bits per heavy atom. The monoisotopic (exact) mass is 274 g/mol. The highest BCUT2D eigenvalue weighted by molar-refractivity contribution is 5.64. The minimum Gasteiger partial charge on any atom is -0.370 e. The number of anilines is 3. The van der Waals surface area contributed by atoms with E-state index < -0.39 is 0 Å². The van der Waals surface area contributed by atoms with Crippen molar-refractivity contribution in [3.05, 3.63) is 41.5 Å². The van der Waals surface area contributed by atoms with Gasteiger partial charge in [0.2, 0.25) is 0 Å². The van der Waals surface area contributed by atoms with E-state index in [1.165, 1.54) is 12.1 Å². The van der Waals surface area contributed by atoms with E-state index >= 15 is 0 Å². The molecule has 20 heavy (non-hydrogen) atoms. The molecule has 1 aromatic heterocycles. The topological polar surface area (TPSA) is 49.8 Å².